The number of ether oxygens (including phenoxy) is 1. The molecule has 0 aromatic carbocycles. The third-order valence-corrected chi connectivity index (χ3v) is 6.07. The normalized spacial score (nSPS) is 34.3. The minimum absolute atomic E-state index is 0.0218. The van der Waals surface area contributed by atoms with E-state index in [1.807, 2.05) is 18.7 Å². The fourth-order valence-electron chi connectivity index (χ4n) is 4.69. The van der Waals surface area contributed by atoms with Crippen LogP contribution in [0.5, 0.6) is 0 Å². The number of nitrogens with one attached hydrogen (secondary N) is 1. The summed E-state index contributed by atoms with van der Waals surface area (Å²) in [6.07, 6.45) is 5.48. The zero-order valence-electron chi connectivity index (χ0n) is 16.5. The molecule has 3 aliphatic rings. The Bertz CT molecular complexity index is 572. The first-order chi connectivity index (χ1) is 13.0. The average Bonchev–Trinajstić information content (AvgIpc) is 3.14. The smallest absolute Gasteiger partial charge is 0.237 e. The van der Waals surface area contributed by atoms with Gasteiger partial charge in [-0.1, -0.05) is 0 Å². The van der Waals surface area contributed by atoms with Gasteiger partial charge in [0.15, 0.2) is 0 Å². The highest BCUT2D eigenvalue weighted by Gasteiger charge is 2.34. The molecule has 2 aliphatic heterocycles. The summed E-state index contributed by atoms with van der Waals surface area (Å²) in [6.45, 7) is 6.39. The lowest BCUT2D eigenvalue weighted by Gasteiger charge is -2.38. The third-order valence-electron chi connectivity index (χ3n) is 6.07. The Labute approximate surface area is 162 Å². The van der Waals surface area contributed by atoms with Gasteiger partial charge in [-0.25, -0.2) is 0 Å². The monoisotopic (exact) mass is 376 g/mol. The number of nitrogens with zero attached hydrogens (tertiary/aromatic N) is 3. The van der Waals surface area contributed by atoms with Crippen molar-refractivity contribution < 1.29 is 14.3 Å². The van der Waals surface area contributed by atoms with E-state index in [-0.39, 0.29) is 42.0 Å². The first-order valence-electron chi connectivity index (χ1n) is 10.3. The van der Waals surface area contributed by atoms with E-state index in [1.54, 1.807) is 4.90 Å². The van der Waals surface area contributed by atoms with Crippen LogP contribution in [0.3, 0.4) is 0 Å². The summed E-state index contributed by atoms with van der Waals surface area (Å²) in [7, 11) is 0. The molecule has 150 valence electrons. The highest BCUT2D eigenvalue weighted by Crippen LogP contribution is 2.27. The molecule has 0 radical (unpaired) electrons. The molecule has 0 aromatic heterocycles. The van der Waals surface area contributed by atoms with E-state index in [0.29, 0.717) is 26.2 Å². The van der Waals surface area contributed by atoms with Crippen molar-refractivity contribution in [2.45, 2.75) is 76.7 Å². The van der Waals surface area contributed by atoms with E-state index in [4.69, 9.17) is 10.00 Å². The number of amides is 2. The number of carbonyl (C=O) groups is 2. The van der Waals surface area contributed by atoms with Gasteiger partial charge >= 0.3 is 0 Å². The van der Waals surface area contributed by atoms with Crippen molar-refractivity contribution in [2.75, 3.05) is 26.2 Å². The Morgan fingerprint density at radius 1 is 1.11 bits per heavy atom. The lowest BCUT2D eigenvalue weighted by Crippen LogP contribution is -2.51. The standard InChI is InChI=1S/C20H32N4O3/c1-14-12-23(13-15(2)27-14)20(26)16-5-7-17(8-6-16)22-11-19(25)24-9-3-4-18(24)10-21/h14-18,22H,3-9,11-13H2,1-2H3/t14?,15?,16?,17?,18-/m0/s1. The van der Waals surface area contributed by atoms with E-state index < -0.39 is 0 Å². The summed E-state index contributed by atoms with van der Waals surface area (Å²) in [6, 6.07) is 2.24. The number of rotatable bonds is 4. The molecule has 0 bridgehead atoms. The Morgan fingerprint density at radius 2 is 1.78 bits per heavy atom. The van der Waals surface area contributed by atoms with Gasteiger partial charge in [0.25, 0.3) is 0 Å². The van der Waals surface area contributed by atoms with Crippen LogP contribution in [-0.4, -0.2) is 72.1 Å². The maximum absolute atomic E-state index is 12.8. The van der Waals surface area contributed by atoms with E-state index in [2.05, 4.69) is 11.4 Å². The molecule has 0 spiro atoms. The van der Waals surface area contributed by atoms with Crippen LogP contribution in [-0.2, 0) is 14.3 Å². The van der Waals surface area contributed by atoms with Gasteiger partial charge in [0.2, 0.25) is 11.8 Å². The molecule has 1 saturated carbocycles. The molecule has 2 saturated heterocycles. The number of hydrogen-bond acceptors (Lipinski definition) is 5. The van der Waals surface area contributed by atoms with E-state index in [0.717, 1.165) is 38.5 Å². The molecule has 1 aliphatic carbocycles. The summed E-state index contributed by atoms with van der Waals surface area (Å²) in [5.74, 6) is 0.381. The van der Waals surface area contributed by atoms with Crippen molar-refractivity contribution in [3.05, 3.63) is 0 Å². The molecule has 27 heavy (non-hydrogen) atoms. The van der Waals surface area contributed by atoms with Crippen LogP contribution in [0.2, 0.25) is 0 Å². The first-order valence-corrected chi connectivity index (χ1v) is 10.3. The maximum atomic E-state index is 12.8. The van der Waals surface area contributed by atoms with E-state index in [1.165, 1.54) is 0 Å². The topological polar surface area (TPSA) is 85.7 Å². The third kappa shape index (κ3) is 4.99. The highest BCUT2D eigenvalue weighted by atomic mass is 16.5. The van der Waals surface area contributed by atoms with Crippen LogP contribution >= 0.6 is 0 Å². The number of carbonyl (C=O) groups excluding carboxylic acids is 2. The van der Waals surface area contributed by atoms with Crippen molar-refractivity contribution in [1.29, 1.82) is 5.26 Å². The van der Waals surface area contributed by atoms with Crippen molar-refractivity contribution >= 4 is 11.8 Å². The van der Waals surface area contributed by atoms with Gasteiger partial charge in [-0.05, 0) is 52.4 Å². The van der Waals surface area contributed by atoms with Crippen molar-refractivity contribution in [3.8, 4) is 6.07 Å². The van der Waals surface area contributed by atoms with Gasteiger partial charge in [0, 0.05) is 31.6 Å². The maximum Gasteiger partial charge on any atom is 0.237 e. The van der Waals surface area contributed by atoms with Crippen molar-refractivity contribution in [1.82, 2.24) is 15.1 Å². The molecule has 7 nitrogen and oxygen atoms in total. The summed E-state index contributed by atoms with van der Waals surface area (Å²) >= 11 is 0. The van der Waals surface area contributed by atoms with Gasteiger partial charge in [0.1, 0.15) is 6.04 Å². The zero-order chi connectivity index (χ0) is 19.4. The van der Waals surface area contributed by atoms with Gasteiger partial charge in [-0.15, -0.1) is 0 Å². The van der Waals surface area contributed by atoms with Crippen LogP contribution in [0.25, 0.3) is 0 Å². The van der Waals surface area contributed by atoms with Gasteiger partial charge in [-0.3, -0.25) is 9.59 Å². The fourth-order valence-corrected chi connectivity index (χ4v) is 4.69. The van der Waals surface area contributed by atoms with Crippen LogP contribution in [0.15, 0.2) is 0 Å². The molecule has 2 heterocycles. The predicted octanol–water partition coefficient (Wildman–Crippen LogP) is 1.29. The van der Waals surface area contributed by atoms with E-state index in [9.17, 15) is 9.59 Å². The van der Waals surface area contributed by atoms with Crippen LogP contribution in [0.4, 0.5) is 0 Å². The lowest BCUT2D eigenvalue weighted by molar-refractivity contribution is -0.148. The number of likely N-dealkylation sites (tertiary alicyclic amines) is 1. The van der Waals surface area contributed by atoms with Crippen molar-refractivity contribution in [2.24, 2.45) is 5.92 Å². The number of morpholine rings is 1. The van der Waals surface area contributed by atoms with Crippen LogP contribution in [0, 0.1) is 17.2 Å². The lowest BCUT2D eigenvalue weighted by atomic mass is 9.85. The Balaban J connectivity index is 1.40. The molecule has 3 rings (SSSR count). The van der Waals surface area contributed by atoms with Gasteiger partial charge in [-0.2, -0.15) is 5.26 Å². The number of nitriles is 1. The fraction of sp³-hybridized carbons (Fsp3) is 0.850. The molecule has 1 N–H and O–H groups in total. The molecule has 7 heteroatoms. The second kappa shape index (κ2) is 9.03. The van der Waals surface area contributed by atoms with Crippen molar-refractivity contribution in [3.63, 3.8) is 0 Å². The molecular weight excluding hydrogens is 344 g/mol. The predicted molar refractivity (Wildman–Crippen MR) is 101 cm³/mol. The quantitative estimate of drug-likeness (QED) is 0.799. The summed E-state index contributed by atoms with van der Waals surface area (Å²) in [5, 5.41) is 12.5. The molecular formula is C20H32N4O3. The summed E-state index contributed by atoms with van der Waals surface area (Å²) in [5.41, 5.74) is 0. The first kappa shape index (κ1) is 20.1. The zero-order valence-corrected chi connectivity index (χ0v) is 16.5. The SMILES string of the molecule is CC1CN(C(=O)C2CCC(NCC(=O)N3CCC[C@H]3C#N)CC2)CC(C)O1. The summed E-state index contributed by atoms with van der Waals surface area (Å²) in [4.78, 5) is 28.8. The molecule has 2 unspecified atom stereocenters. The molecule has 3 atom stereocenters. The second-order valence-corrected chi connectivity index (χ2v) is 8.30. The largest absolute Gasteiger partial charge is 0.372 e. The Hall–Kier alpha value is -1.65. The Morgan fingerprint density at radius 3 is 2.41 bits per heavy atom. The Kier molecular flexibility index (Phi) is 6.72. The number of hydrogen-bond donors (Lipinski definition) is 1. The minimum Gasteiger partial charge on any atom is -0.372 e. The van der Waals surface area contributed by atoms with Crippen LogP contribution < -0.4 is 5.32 Å². The average molecular weight is 377 g/mol. The summed E-state index contributed by atoms with van der Waals surface area (Å²) < 4.78 is 5.72. The van der Waals surface area contributed by atoms with E-state index >= 15 is 0 Å². The van der Waals surface area contributed by atoms with Gasteiger partial charge in [0.05, 0.1) is 24.8 Å². The minimum atomic E-state index is -0.258. The molecule has 2 amide bonds. The van der Waals surface area contributed by atoms with Crippen LogP contribution in [0.1, 0.15) is 52.4 Å². The molecule has 3 fully saturated rings. The second-order valence-electron chi connectivity index (χ2n) is 8.30. The van der Waals surface area contributed by atoms with Gasteiger partial charge < -0.3 is 19.9 Å². The molecule has 0 aromatic rings. The highest BCUT2D eigenvalue weighted by molar-refractivity contribution is 5.80.